The SMILES string of the molecule is CCCCCCCCCC(CCCCCC)OP(O)O. The lowest BCUT2D eigenvalue weighted by atomic mass is 10.0. The van der Waals surface area contributed by atoms with Crippen LogP contribution in [0.3, 0.4) is 0 Å². The number of hydrogen-bond acceptors (Lipinski definition) is 3. The molecule has 0 aromatic carbocycles. The van der Waals surface area contributed by atoms with Crippen molar-refractivity contribution in [1.29, 1.82) is 0 Å². The van der Waals surface area contributed by atoms with Crippen molar-refractivity contribution in [2.75, 3.05) is 0 Å². The van der Waals surface area contributed by atoms with E-state index in [4.69, 9.17) is 14.3 Å². The molecular weight excluding hydrogens is 271 g/mol. The zero-order valence-corrected chi connectivity index (χ0v) is 14.4. The third-order valence-electron chi connectivity index (χ3n) is 3.75. The van der Waals surface area contributed by atoms with E-state index in [1.54, 1.807) is 0 Å². The molecule has 1 unspecified atom stereocenters. The summed E-state index contributed by atoms with van der Waals surface area (Å²) in [5.74, 6) is 0. The highest BCUT2D eigenvalue weighted by atomic mass is 31.2. The molecule has 0 saturated heterocycles. The molecule has 0 heterocycles. The van der Waals surface area contributed by atoms with Crippen molar-refractivity contribution < 1.29 is 14.3 Å². The first-order valence-electron chi connectivity index (χ1n) is 8.55. The highest BCUT2D eigenvalue weighted by molar-refractivity contribution is 7.39. The van der Waals surface area contributed by atoms with Gasteiger partial charge < -0.3 is 14.3 Å². The van der Waals surface area contributed by atoms with Gasteiger partial charge in [0.1, 0.15) is 0 Å². The minimum Gasteiger partial charge on any atom is -0.328 e. The molecule has 0 fully saturated rings. The van der Waals surface area contributed by atoms with Crippen LogP contribution in [0.5, 0.6) is 0 Å². The minimum atomic E-state index is -2.20. The van der Waals surface area contributed by atoms with Crippen molar-refractivity contribution in [3.63, 3.8) is 0 Å². The van der Waals surface area contributed by atoms with Gasteiger partial charge in [-0.2, -0.15) is 0 Å². The van der Waals surface area contributed by atoms with Crippen molar-refractivity contribution in [1.82, 2.24) is 0 Å². The fourth-order valence-electron chi connectivity index (χ4n) is 2.51. The van der Waals surface area contributed by atoms with E-state index in [2.05, 4.69) is 13.8 Å². The molecule has 0 aromatic heterocycles. The lowest BCUT2D eigenvalue weighted by Gasteiger charge is -2.17. The van der Waals surface area contributed by atoms with Crippen molar-refractivity contribution in [3.05, 3.63) is 0 Å². The Hall–Kier alpha value is 0.310. The molecule has 0 rings (SSSR count). The monoisotopic (exact) mass is 306 g/mol. The van der Waals surface area contributed by atoms with Crippen molar-refractivity contribution in [2.24, 2.45) is 0 Å². The van der Waals surface area contributed by atoms with Gasteiger partial charge in [-0.25, -0.2) is 0 Å². The molecule has 0 aliphatic heterocycles. The van der Waals surface area contributed by atoms with Crippen molar-refractivity contribution >= 4 is 8.60 Å². The second-order valence-electron chi connectivity index (χ2n) is 5.74. The largest absolute Gasteiger partial charge is 0.328 e. The summed E-state index contributed by atoms with van der Waals surface area (Å²) in [6.45, 7) is 4.44. The molecule has 3 nitrogen and oxygen atoms in total. The van der Waals surface area contributed by atoms with E-state index in [0.717, 1.165) is 25.7 Å². The summed E-state index contributed by atoms with van der Waals surface area (Å²) >= 11 is 0. The Morgan fingerprint density at radius 1 is 0.700 bits per heavy atom. The maximum absolute atomic E-state index is 9.02. The van der Waals surface area contributed by atoms with Crippen LogP contribution in [-0.4, -0.2) is 15.9 Å². The van der Waals surface area contributed by atoms with Gasteiger partial charge in [0.25, 0.3) is 0 Å². The molecule has 2 N–H and O–H groups in total. The summed E-state index contributed by atoms with van der Waals surface area (Å²) in [4.78, 5) is 18.0. The zero-order chi connectivity index (χ0) is 15.1. The molecule has 4 heteroatoms. The lowest BCUT2D eigenvalue weighted by molar-refractivity contribution is 0.147. The molecule has 20 heavy (non-hydrogen) atoms. The van der Waals surface area contributed by atoms with Gasteiger partial charge >= 0.3 is 8.60 Å². The van der Waals surface area contributed by atoms with Gasteiger partial charge in [0, 0.05) is 0 Å². The molecular formula is C16H35O3P. The zero-order valence-electron chi connectivity index (χ0n) is 13.5. The second-order valence-corrected chi connectivity index (χ2v) is 6.46. The summed E-state index contributed by atoms with van der Waals surface area (Å²) in [5, 5.41) is 0. The molecule has 122 valence electrons. The van der Waals surface area contributed by atoms with E-state index in [0.29, 0.717) is 0 Å². The van der Waals surface area contributed by atoms with E-state index in [9.17, 15) is 0 Å². The van der Waals surface area contributed by atoms with Gasteiger partial charge in [-0.1, -0.05) is 84.5 Å². The van der Waals surface area contributed by atoms with Crippen LogP contribution in [0.4, 0.5) is 0 Å². The van der Waals surface area contributed by atoms with Crippen LogP contribution in [0.1, 0.15) is 97.3 Å². The Morgan fingerprint density at radius 2 is 1.10 bits per heavy atom. The highest BCUT2D eigenvalue weighted by Gasteiger charge is 2.13. The van der Waals surface area contributed by atoms with Crippen LogP contribution in [0.2, 0.25) is 0 Å². The van der Waals surface area contributed by atoms with Crippen LogP contribution in [0, 0.1) is 0 Å². The van der Waals surface area contributed by atoms with Crippen LogP contribution < -0.4 is 0 Å². The average molecular weight is 306 g/mol. The van der Waals surface area contributed by atoms with Gasteiger partial charge in [-0.05, 0) is 12.8 Å². The predicted octanol–water partition coefficient (Wildman–Crippen LogP) is 5.69. The predicted molar refractivity (Wildman–Crippen MR) is 87.6 cm³/mol. The Bertz CT molecular complexity index is 189. The maximum atomic E-state index is 9.02. The Kier molecular flexibility index (Phi) is 15.9. The minimum absolute atomic E-state index is 0.0450. The van der Waals surface area contributed by atoms with E-state index < -0.39 is 8.60 Å². The van der Waals surface area contributed by atoms with Gasteiger partial charge in [0.2, 0.25) is 0 Å². The molecule has 0 aliphatic carbocycles. The fourth-order valence-corrected chi connectivity index (χ4v) is 2.99. The van der Waals surface area contributed by atoms with Gasteiger partial charge in [-0.15, -0.1) is 0 Å². The second kappa shape index (κ2) is 15.7. The molecule has 0 spiro atoms. The quantitative estimate of drug-likeness (QED) is 0.301. The average Bonchev–Trinajstić information content (AvgIpc) is 2.41. The van der Waals surface area contributed by atoms with Gasteiger partial charge in [0.05, 0.1) is 6.10 Å². The summed E-state index contributed by atoms with van der Waals surface area (Å²) in [7, 11) is -2.20. The van der Waals surface area contributed by atoms with Gasteiger partial charge in [-0.3, -0.25) is 0 Å². The normalized spacial score (nSPS) is 13.1. The van der Waals surface area contributed by atoms with Crippen molar-refractivity contribution in [3.8, 4) is 0 Å². The Morgan fingerprint density at radius 3 is 1.55 bits per heavy atom. The van der Waals surface area contributed by atoms with E-state index in [-0.39, 0.29) is 6.10 Å². The number of unbranched alkanes of at least 4 members (excludes halogenated alkanes) is 9. The molecule has 0 aliphatic rings. The van der Waals surface area contributed by atoms with Crippen LogP contribution in [0.15, 0.2) is 0 Å². The molecule has 0 saturated carbocycles. The Labute approximate surface area is 127 Å². The van der Waals surface area contributed by atoms with Gasteiger partial charge in [0.15, 0.2) is 0 Å². The topological polar surface area (TPSA) is 49.7 Å². The number of rotatable bonds is 15. The smallest absolute Gasteiger partial charge is 0.327 e. The number of hydrogen-bond donors (Lipinski definition) is 2. The summed E-state index contributed by atoms with van der Waals surface area (Å²) in [6, 6.07) is 0. The first-order valence-corrected chi connectivity index (χ1v) is 9.71. The standard InChI is InChI=1S/C16H35O3P/c1-3-5-7-9-10-11-13-15-16(19-20(17)18)14-12-8-6-4-2/h16-18H,3-15H2,1-2H3. The molecule has 0 amide bonds. The first-order chi connectivity index (χ1) is 9.70. The van der Waals surface area contributed by atoms with Crippen LogP contribution >= 0.6 is 8.60 Å². The molecule has 0 aromatic rings. The maximum Gasteiger partial charge on any atom is 0.327 e. The third-order valence-corrected chi connectivity index (χ3v) is 4.24. The third kappa shape index (κ3) is 14.7. The first kappa shape index (κ1) is 20.3. The lowest BCUT2D eigenvalue weighted by Crippen LogP contribution is -2.10. The summed E-state index contributed by atoms with van der Waals surface area (Å²) in [5.41, 5.74) is 0. The van der Waals surface area contributed by atoms with Crippen molar-refractivity contribution in [2.45, 2.75) is 103 Å². The molecule has 0 radical (unpaired) electrons. The van der Waals surface area contributed by atoms with Crippen LogP contribution in [-0.2, 0) is 4.52 Å². The van der Waals surface area contributed by atoms with E-state index in [1.807, 2.05) is 0 Å². The highest BCUT2D eigenvalue weighted by Crippen LogP contribution is 2.31. The Balaban J connectivity index is 3.59. The molecule has 1 atom stereocenters. The fraction of sp³-hybridized carbons (Fsp3) is 1.00. The molecule has 0 bridgehead atoms. The summed E-state index contributed by atoms with van der Waals surface area (Å²) in [6.07, 6.45) is 15.9. The van der Waals surface area contributed by atoms with E-state index >= 15 is 0 Å². The van der Waals surface area contributed by atoms with E-state index in [1.165, 1.54) is 57.8 Å². The van der Waals surface area contributed by atoms with Crippen LogP contribution in [0.25, 0.3) is 0 Å². The summed E-state index contributed by atoms with van der Waals surface area (Å²) < 4.78 is 5.25.